The molecule has 0 saturated carbocycles. The Morgan fingerprint density at radius 2 is 1.90 bits per heavy atom. The summed E-state index contributed by atoms with van der Waals surface area (Å²) in [6.07, 6.45) is 2.03. The van der Waals surface area contributed by atoms with Crippen LogP contribution in [0, 0.1) is 0 Å². The topological polar surface area (TPSA) is 20.2 Å². The zero-order valence-corrected chi connectivity index (χ0v) is 8.44. The molecule has 0 bridgehead atoms. The van der Waals surface area contributed by atoms with Crippen molar-refractivity contribution in [2.24, 2.45) is 0 Å². The Bertz CT molecular complexity index is 122. The molecule has 0 aliphatic rings. The molecule has 60 valence electrons. The van der Waals surface area contributed by atoms with Gasteiger partial charge in [0.25, 0.3) is 0 Å². The average molecular weight is 158 g/mol. The molecule has 0 aromatic rings. The van der Waals surface area contributed by atoms with Gasteiger partial charge in [-0.05, 0) is 13.0 Å². The summed E-state index contributed by atoms with van der Waals surface area (Å²) >= 11 is 0. The van der Waals surface area contributed by atoms with E-state index in [0.717, 1.165) is 6.04 Å². The van der Waals surface area contributed by atoms with Crippen molar-refractivity contribution in [3.8, 4) is 0 Å². The van der Waals surface area contributed by atoms with Crippen LogP contribution in [0.15, 0.2) is 11.6 Å². The van der Waals surface area contributed by atoms with Gasteiger partial charge < -0.3 is 5.11 Å². The molecule has 0 aromatic heterocycles. The van der Waals surface area contributed by atoms with Crippen molar-refractivity contribution in [2.45, 2.75) is 32.6 Å². The summed E-state index contributed by atoms with van der Waals surface area (Å²) in [7, 11) is -0.991. The van der Waals surface area contributed by atoms with Gasteiger partial charge in [0, 0.05) is 8.07 Å². The first-order valence-corrected chi connectivity index (χ1v) is 7.45. The third kappa shape index (κ3) is 4.76. The van der Waals surface area contributed by atoms with Crippen molar-refractivity contribution in [3.05, 3.63) is 11.6 Å². The average Bonchev–Trinajstić information content (AvgIpc) is 1.81. The van der Waals surface area contributed by atoms with Gasteiger partial charge in [-0.1, -0.05) is 31.3 Å². The van der Waals surface area contributed by atoms with Gasteiger partial charge in [-0.3, -0.25) is 0 Å². The van der Waals surface area contributed by atoms with E-state index in [-0.39, 0.29) is 6.61 Å². The number of aliphatic hydroxyl groups is 1. The molecule has 0 heterocycles. The monoisotopic (exact) mass is 158 g/mol. The molecule has 10 heavy (non-hydrogen) atoms. The maximum absolute atomic E-state index is 8.84. The highest BCUT2D eigenvalue weighted by molar-refractivity contribution is 6.76. The first-order valence-electron chi connectivity index (χ1n) is 3.74. The van der Waals surface area contributed by atoms with Crippen molar-refractivity contribution in [1.82, 2.24) is 0 Å². The van der Waals surface area contributed by atoms with Gasteiger partial charge in [0.1, 0.15) is 0 Å². The van der Waals surface area contributed by atoms with Crippen LogP contribution in [0.25, 0.3) is 0 Å². The van der Waals surface area contributed by atoms with E-state index < -0.39 is 8.07 Å². The van der Waals surface area contributed by atoms with Gasteiger partial charge in [-0.25, -0.2) is 0 Å². The molecule has 0 unspecified atom stereocenters. The first-order chi connectivity index (χ1) is 4.49. The van der Waals surface area contributed by atoms with E-state index in [1.54, 1.807) is 0 Å². The van der Waals surface area contributed by atoms with E-state index >= 15 is 0 Å². The van der Waals surface area contributed by atoms with E-state index in [1.807, 2.05) is 13.0 Å². The predicted octanol–water partition coefficient (Wildman–Crippen LogP) is 2.26. The Morgan fingerprint density at radius 1 is 1.40 bits per heavy atom. The third-order valence-electron chi connectivity index (χ3n) is 1.37. The molecular weight excluding hydrogens is 140 g/mol. The van der Waals surface area contributed by atoms with Gasteiger partial charge in [-0.15, -0.1) is 0 Å². The van der Waals surface area contributed by atoms with Crippen LogP contribution in [0.3, 0.4) is 0 Å². The molecule has 0 aromatic carbocycles. The van der Waals surface area contributed by atoms with Crippen LogP contribution in [0.1, 0.15) is 6.92 Å². The third-order valence-corrected chi connectivity index (χ3v) is 2.88. The van der Waals surface area contributed by atoms with E-state index in [9.17, 15) is 0 Å². The van der Waals surface area contributed by atoms with Crippen LogP contribution in [-0.2, 0) is 0 Å². The number of aliphatic hydroxyl groups excluding tert-OH is 1. The second kappa shape index (κ2) is 3.94. The highest BCUT2D eigenvalue weighted by atomic mass is 28.3. The molecule has 1 nitrogen and oxygen atoms in total. The molecule has 0 spiro atoms. The van der Waals surface area contributed by atoms with Crippen molar-refractivity contribution >= 4 is 8.07 Å². The summed E-state index contributed by atoms with van der Waals surface area (Å²) in [4.78, 5) is 0. The molecule has 0 aliphatic carbocycles. The standard InChI is InChI=1S/C8H18OSi/c1-5-8(6-9)7-10(2,3)4/h5,9H,6-7H2,1-4H3/b8-5-. The minimum atomic E-state index is -0.991. The Hall–Kier alpha value is -0.0831. The highest BCUT2D eigenvalue weighted by Crippen LogP contribution is 2.14. The molecule has 0 amide bonds. The van der Waals surface area contributed by atoms with E-state index in [2.05, 4.69) is 19.6 Å². The lowest BCUT2D eigenvalue weighted by molar-refractivity contribution is 0.331. The molecule has 0 fully saturated rings. The number of allylic oxidation sites excluding steroid dienone is 1. The fourth-order valence-electron chi connectivity index (χ4n) is 0.930. The lowest BCUT2D eigenvalue weighted by Gasteiger charge is -2.16. The van der Waals surface area contributed by atoms with Crippen molar-refractivity contribution in [2.75, 3.05) is 6.61 Å². The molecule has 1 N–H and O–H groups in total. The van der Waals surface area contributed by atoms with Crippen LogP contribution in [0.5, 0.6) is 0 Å². The smallest absolute Gasteiger partial charge is 0.0638 e. The summed E-state index contributed by atoms with van der Waals surface area (Å²) in [5.41, 5.74) is 1.19. The molecule has 0 saturated heterocycles. The predicted molar refractivity (Wildman–Crippen MR) is 49.0 cm³/mol. The van der Waals surface area contributed by atoms with E-state index in [0.29, 0.717) is 0 Å². The number of rotatable bonds is 3. The zero-order valence-electron chi connectivity index (χ0n) is 7.44. The van der Waals surface area contributed by atoms with Gasteiger partial charge in [0.2, 0.25) is 0 Å². The fourth-order valence-corrected chi connectivity index (χ4v) is 2.61. The summed E-state index contributed by atoms with van der Waals surface area (Å²) in [5.74, 6) is 0. The fraction of sp³-hybridized carbons (Fsp3) is 0.750. The Balaban J connectivity index is 3.88. The first kappa shape index (κ1) is 9.92. The van der Waals surface area contributed by atoms with Crippen molar-refractivity contribution in [1.29, 1.82) is 0 Å². The van der Waals surface area contributed by atoms with Crippen molar-refractivity contribution in [3.63, 3.8) is 0 Å². The number of hydrogen-bond donors (Lipinski definition) is 1. The Kier molecular flexibility index (Phi) is 3.90. The van der Waals surface area contributed by atoms with Gasteiger partial charge in [0.15, 0.2) is 0 Å². The van der Waals surface area contributed by atoms with Crippen LogP contribution >= 0.6 is 0 Å². The Labute approximate surface area is 64.8 Å². The van der Waals surface area contributed by atoms with Gasteiger partial charge in [0.05, 0.1) is 6.61 Å². The molecule has 0 atom stereocenters. The largest absolute Gasteiger partial charge is 0.392 e. The van der Waals surface area contributed by atoms with Gasteiger partial charge >= 0.3 is 0 Å². The molecule has 2 heteroatoms. The minimum absolute atomic E-state index is 0.237. The SMILES string of the molecule is C/C=C(/CO)C[Si](C)(C)C. The minimum Gasteiger partial charge on any atom is -0.392 e. The van der Waals surface area contributed by atoms with Crippen LogP contribution < -0.4 is 0 Å². The van der Waals surface area contributed by atoms with E-state index in [4.69, 9.17) is 5.11 Å². The summed E-state index contributed by atoms with van der Waals surface area (Å²) in [6.45, 7) is 9.16. The second-order valence-electron chi connectivity index (χ2n) is 3.84. The maximum atomic E-state index is 8.84. The molecule has 0 aliphatic heterocycles. The zero-order chi connectivity index (χ0) is 8.20. The van der Waals surface area contributed by atoms with Crippen LogP contribution in [0.2, 0.25) is 25.7 Å². The summed E-state index contributed by atoms with van der Waals surface area (Å²) < 4.78 is 0. The number of hydrogen-bond acceptors (Lipinski definition) is 1. The lowest BCUT2D eigenvalue weighted by Crippen LogP contribution is -2.20. The normalized spacial score (nSPS) is 13.9. The quantitative estimate of drug-likeness (QED) is 0.493. The maximum Gasteiger partial charge on any atom is 0.0638 e. The highest BCUT2D eigenvalue weighted by Gasteiger charge is 2.13. The second-order valence-corrected chi connectivity index (χ2v) is 9.32. The van der Waals surface area contributed by atoms with Crippen LogP contribution in [-0.4, -0.2) is 19.8 Å². The summed E-state index contributed by atoms with van der Waals surface area (Å²) in [6, 6.07) is 1.12. The van der Waals surface area contributed by atoms with Gasteiger partial charge in [-0.2, -0.15) is 0 Å². The molecular formula is C8H18OSi. The summed E-state index contributed by atoms with van der Waals surface area (Å²) in [5, 5.41) is 8.84. The molecule has 0 radical (unpaired) electrons. The van der Waals surface area contributed by atoms with Crippen LogP contribution in [0.4, 0.5) is 0 Å². The Morgan fingerprint density at radius 3 is 2.00 bits per heavy atom. The molecule has 0 rings (SSSR count). The van der Waals surface area contributed by atoms with E-state index in [1.165, 1.54) is 5.57 Å². The van der Waals surface area contributed by atoms with Crippen molar-refractivity contribution < 1.29 is 5.11 Å². The lowest BCUT2D eigenvalue weighted by atomic mass is 10.3.